The van der Waals surface area contributed by atoms with E-state index in [-0.39, 0.29) is 11.3 Å². The lowest BCUT2D eigenvalue weighted by atomic mass is 10.1. The summed E-state index contributed by atoms with van der Waals surface area (Å²) in [6.45, 7) is 0. The van der Waals surface area contributed by atoms with Gasteiger partial charge in [0.1, 0.15) is 0 Å². The average Bonchev–Trinajstić information content (AvgIpc) is 2.59. The summed E-state index contributed by atoms with van der Waals surface area (Å²) in [7, 11) is 0. The third-order valence-corrected chi connectivity index (χ3v) is 3.40. The molecule has 0 aromatic heterocycles. The molecule has 2 N–H and O–H groups in total. The van der Waals surface area contributed by atoms with Gasteiger partial charge in [-0.25, -0.2) is 9.79 Å². The molecule has 3 rings (SSSR count). The molecule has 5 nitrogen and oxygen atoms in total. The van der Waals surface area contributed by atoms with Gasteiger partial charge in [-0.05, 0) is 60.7 Å². The Kier molecular flexibility index (Phi) is 4.34. The first-order valence-corrected chi connectivity index (χ1v) is 7.30. The van der Waals surface area contributed by atoms with Crippen LogP contribution in [0.5, 0.6) is 0 Å². The molecule has 0 fully saturated rings. The molecule has 0 saturated carbocycles. The van der Waals surface area contributed by atoms with E-state index < -0.39 is 5.97 Å². The standard InChI is InChI=1S/C19H14N2O3/c22-16-11-9-14(10-12-16)20-13-5-7-15(8-6-13)21-18-4-2-1-3-17(18)19(23)24/h1-12,21H,(H,23,24). The Labute approximate surface area is 138 Å². The van der Waals surface area contributed by atoms with Crippen molar-refractivity contribution in [1.82, 2.24) is 0 Å². The largest absolute Gasteiger partial charge is 0.478 e. The van der Waals surface area contributed by atoms with Gasteiger partial charge in [0.25, 0.3) is 0 Å². The Balaban J connectivity index is 1.77. The number of ketones is 1. The normalized spacial score (nSPS) is 13.0. The molecule has 24 heavy (non-hydrogen) atoms. The molecule has 0 aliphatic heterocycles. The third kappa shape index (κ3) is 3.64. The van der Waals surface area contributed by atoms with Gasteiger partial charge < -0.3 is 10.4 Å². The summed E-state index contributed by atoms with van der Waals surface area (Å²) in [5.41, 5.74) is 2.94. The number of hydrogen-bond acceptors (Lipinski definition) is 4. The Bertz CT molecular complexity index is 860. The van der Waals surface area contributed by atoms with E-state index in [0.717, 1.165) is 11.4 Å². The van der Waals surface area contributed by atoms with Crippen LogP contribution >= 0.6 is 0 Å². The van der Waals surface area contributed by atoms with E-state index in [2.05, 4.69) is 10.3 Å². The molecule has 5 heteroatoms. The first-order chi connectivity index (χ1) is 11.6. The molecule has 1 aliphatic carbocycles. The van der Waals surface area contributed by atoms with Crippen LogP contribution in [0, 0.1) is 0 Å². The predicted molar refractivity (Wildman–Crippen MR) is 93.5 cm³/mol. The average molecular weight is 318 g/mol. The van der Waals surface area contributed by atoms with Crippen molar-refractivity contribution in [3.8, 4) is 0 Å². The number of benzene rings is 2. The Morgan fingerprint density at radius 3 is 2.25 bits per heavy atom. The number of aromatic carboxylic acids is 1. The minimum Gasteiger partial charge on any atom is -0.478 e. The van der Waals surface area contributed by atoms with E-state index in [1.54, 1.807) is 36.4 Å². The zero-order valence-corrected chi connectivity index (χ0v) is 12.6. The third-order valence-electron chi connectivity index (χ3n) is 3.40. The predicted octanol–water partition coefficient (Wildman–Crippen LogP) is 3.90. The van der Waals surface area contributed by atoms with Crippen LogP contribution in [0.1, 0.15) is 10.4 Å². The molecule has 0 amide bonds. The van der Waals surface area contributed by atoms with Crippen molar-refractivity contribution in [3.63, 3.8) is 0 Å². The van der Waals surface area contributed by atoms with Gasteiger partial charge in [-0.15, -0.1) is 0 Å². The number of hydrogen-bond donors (Lipinski definition) is 2. The van der Waals surface area contributed by atoms with Gasteiger partial charge in [0, 0.05) is 5.69 Å². The number of para-hydroxylation sites is 1. The molecule has 2 aromatic rings. The lowest BCUT2D eigenvalue weighted by Gasteiger charge is -2.09. The molecular weight excluding hydrogens is 304 g/mol. The van der Waals surface area contributed by atoms with Crippen LogP contribution in [0.3, 0.4) is 0 Å². The van der Waals surface area contributed by atoms with Crippen LogP contribution in [-0.2, 0) is 4.79 Å². The fraction of sp³-hybridized carbons (Fsp3) is 0. The van der Waals surface area contributed by atoms with Crippen molar-refractivity contribution in [1.29, 1.82) is 0 Å². The molecule has 0 saturated heterocycles. The number of nitrogens with one attached hydrogen (secondary N) is 1. The van der Waals surface area contributed by atoms with Gasteiger partial charge in [-0.2, -0.15) is 0 Å². The van der Waals surface area contributed by atoms with Crippen molar-refractivity contribution in [3.05, 3.63) is 78.4 Å². The number of carbonyl (C=O) groups is 2. The second-order valence-corrected chi connectivity index (χ2v) is 5.13. The number of allylic oxidation sites excluding steroid dienone is 4. The van der Waals surface area contributed by atoms with Gasteiger partial charge in [-0.1, -0.05) is 12.1 Å². The molecule has 0 heterocycles. The number of carbonyl (C=O) groups excluding carboxylic acids is 1. The van der Waals surface area contributed by atoms with Crippen LogP contribution in [0.2, 0.25) is 0 Å². The molecule has 0 atom stereocenters. The lowest BCUT2D eigenvalue weighted by molar-refractivity contribution is -0.110. The molecule has 0 bridgehead atoms. The first-order valence-electron chi connectivity index (χ1n) is 7.30. The van der Waals surface area contributed by atoms with E-state index in [1.807, 2.05) is 24.3 Å². The summed E-state index contributed by atoms with van der Waals surface area (Å²) in [5.74, 6) is -1.03. The quantitative estimate of drug-likeness (QED) is 0.838. The summed E-state index contributed by atoms with van der Waals surface area (Å²) in [4.78, 5) is 26.7. The zero-order valence-electron chi connectivity index (χ0n) is 12.6. The van der Waals surface area contributed by atoms with E-state index in [1.165, 1.54) is 12.2 Å². The van der Waals surface area contributed by atoms with Crippen LogP contribution in [0.25, 0.3) is 0 Å². The number of carboxylic acids is 1. The van der Waals surface area contributed by atoms with Crippen LogP contribution in [0.15, 0.2) is 77.8 Å². The number of anilines is 2. The highest BCUT2D eigenvalue weighted by molar-refractivity contribution is 6.17. The van der Waals surface area contributed by atoms with Gasteiger partial charge >= 0.3 is 5.97 Å². The maximum absolute atomic E-state index is 11.2. The minimum absolute atomic E-state index is 0.0504. The monoisotopic (exact) mass is 318 g/mol. The van der Waals surface area contributed by atoms with Gasteiger partial charge in [0.05, 0.1) is 22.6 Å². The number of aliphatic imine (C=N–C) groups is 1. The number of nitrogens with zero attached hydrogens (tertiary/aromatic N) is 1. The smallest absolute Gasteiger partial charge is 0.337 e. The lowest BCUT2D eigenvalue weighted by Crippen LogP contribution is -2.02. The highest BCUT2D eigenvalue weighted by Crippen LogP contribution is 2.23. The topological polar surface area (TPSA) is 78.8 Å². The van der Waals surface area contributed by atoms with E-state index in [0.29, 0.717) is 11.4 Å². The van der Waals surface area contributed by atoms with Crippen LogP contribution in [0.4, 0.5) is 17.1 Å². The van der Waals surface area contributed by atoms with E-state index >= 15 is 0 Å². The van der Waals surface area contributed by atoms with Crippen LogP contribution < -0.4 is 5.32 Å². The second-order valence-electron chi connectivity index (χ2n) is 5.13. The summed E-state index contributed by atoms with van der Waals surface area (Å²) >= 11 is 0. The van der Waals surface area contributed by atoms with Crippen LogP contribution in [-0.4, -0.2) is 22.6 Å². The molecule has 0 radical (unpaired) electrons. The van der Waals surface area contributed by atoms with Crippen molar-refractivity contribution in [2.75, 3.05) is 5.32 Å². The van der Waals surface area contributed by atoms with E-state index in [9.17, 15) is 14.7 Å². The van der Waals surface area contributed by atoms with Crippen molar-refractivity contribution < 1.29 is 14.7 Å². The second kappa shape index (κ2) is 6.75. The fourth-order valence-corrected chi connectivity index (χ4v) is 2.22. The van der Waals surface area contributed by atoms with Crippen molar-refractivity contribution >= 4 is 34.5 Å². The molecule has 0 spiro atoms. The first kappa shape index (κ1) is 15.4. The number of rotatable bonds is 4. The maximum atomic E-state index is 11.2. The maximum Gasteiger partial charge on any atom is 0.337 e. The van der Waals surface area contributed by atoms with Gasteiger partial charge in [-0.3, -0.25) is 4.79 Å². The summed E-state index contributed by atoms with van der Waals surface area (Å²) in [5, 5.41) is 12.3. The summed E-state index contributed by atoms with van der Waals surface area (Å²) in [6.07, 6.45) is 6.27. The minimum atomic E-state index is -0.980. The zero-order chi connectivity index (χ0) is 16.9. The van der Waals surface area contributed by atoms with Crippen molar-refractivity contribution in [2.45, 2.75) is 0 Å². The highest BCUT2D eigenvalue weighted by atomic mass is 16.4. The molecule has 1 aliphatic rings. The Morgan fingerprint density at radius 1 is 0.917 bits per heavy atom. The molecule has 0 unspecified atom stereocenters. The highest BCUT2D eigenvalue weighted by Gasteiger charge is 2.08. The van der Waals surface area contributed by atoms with Crippen molar-refractivity contribution in [2.24, 2.45) is 4.99 Å². The number of carboxylic acid groups (broad SMARTS) is 1. The fourth-order valence-electron chi connectivity index (χ4n) is 2.22. The van der Waals surface area contributed by atoms with Gasteiger partial charge in [0.15, 0.2) is 5.78 Å². The molecule has 2 aromatic carbocycles. The van der Waals surface area contributed by atoms with E-state index in [4.69, 9.17) is 0 Å². The Hall–Kier alpha value is -3.47. The SMILES string of the molecule is O=C1C=CC(=Nc2ccc(Nc3ccccc3C(=O)O)cc2)C=C1. The Morgan fingerprint density at radius 2 is 1.58 bits per heavy atom. The molecular formula is C19H14N2O3. The molecule has 118 valence electrons. The van der Waals surface area contributed by atoms with Gasteiger partial charge in [0.2, 0.25) is 0 Å². The summed E-state index contributed by atoms with van der Waals surface area (Å²) < 4.78 is 0. The summed E-state index contributed by atoms with van der Waals surface area (Å²) in [6, 6.07) is 14.0.